The molecule has 1 aromatic carbocycles. The van der Waals surface area contributed by atoms with Crippen molar-refractivity contribution >= 4 is 11.8 Å². The fraction of sp³-hybridized carbons (Fsp3) is 0.429. The summed E-state index contributed by atoms with van der Waals surface area (Å²) in [5.74, 6) is -1.42. The molecule has 1 aromatic rings. The van der Waals surface area contributed by atoms with Gasteiger partial charge in [0.2, 0.25) is 0 Å². The summed E-state index contributed by atoms with van der Waals surface area (Å²) in [4.78, 5) is 23.0. The van der Waals surface area contributed by atoms with Crippen molar-refractivity contribution in [1.29, 1.82) is 0 Å². The van der Waals surface area contributed by atoms with Gasteiger partial charge in [0.15, 0.2) is 11.9 Å². The second-order valence-corrected chi connectivity index (χ2v) is 4.79. The number of benzene rings is 1. The number of hydrogen-bond donors (Lipinski definition) is 2. The number of esters is 1. The molecule has 1 aliphatic rings. The van der Waals surface area contributed by atoms with Crippen molar-refractivity contribution in [1.82, 2.24) is 0 Å². The van der Waals surface area contributed by atoms with Gasteiger partial charge in [0, 0.05) is 13.5 Å². The number of carbonyl (C=O) groups excluding carboxylic acids is 2. The van der Waals surface area contributed by atoms with Crippen molar-refractivity contribution in [3.05, 3.63) is 22.8 Å². The molecule has 6 heteroatoms. The van der Waals surface area contributed by atoms with Gasteiger partial charge >= 0.3 is 5.97 Å². The minimum absolute atomic E-state index is 0.0584. The summed E-state index contributed by atoms with van der Waals surface area (Å²) in [5, 5.41) is 20.2. The zero-order valence-electron chi connectivity index (χ0n) is 11.5. The Morgan fingerprint density at radius 1 is 1.40 bits per heavy atom. The van der Waals surface area contributed by atoms with Crippen LogP contribution in [0.1, 0.15) is 40.9 Å². The van der Waals surface area contributed by atoms with E-state index in [4.69, 9.17) is 9.47 Å². The smallest absolute Gasteiger partial charge is 0.336 e. The Balaban J connectivity index is 2.52. The van der Waals surface area contributed by atoms with Crippen LogP contribution in [0.5, 0.6) is 11.5 Å². The number of cyclic esters (lactones) is 1. The van der Waals surface area contributed by atoms with Crippen LogP contribution >= 0.6 is 0 Å². The first-order valence-electron chi connectivity index (χ1n) is 6.16. The topological polar surface area (TPSA) is 93.1 Å². The van der Waals surface area contributed by atoms with E-state index in [9.17, 15) is 19.8 Å². The number of rotatable bonds is 3. The summed E-state index contributed by atoms with van der Waals surface area (Å²) >= 11 is 0. The number of ether oxygens (including phenoxy) is 2. The molecule has 6 nitrogen and oxygen atoms in total. The number of methoxy groups -OCH3 is 1. The lowest BCUT2D eigenvalue weighted by Crippen LogP contribution is -2.15. The Bertz CT molecular complexity index is 578. The van der Waals surface area contributed by atoms with E-state index in [0.717, 1.165) is 0 Å². The Hall–Kier alpha value is -2.08. The third-order valence-electron chi connectivity index (χ3n) is 3.43. The average molecular weight is 280 g/mol. The van der Waals surface area contributed by atoms with Crippen LogP contribution in [0.4, 0.5) is 0 Å². The number of aromatic hydroxyl groups is 2. The minimum atomic E-state index is -0.828. The Morgan fingerprint density at radius 3 is 2.55 bits per heavy atom. The molecule has 0 aliphatic carbocycles. The molecule has 2 unspecified atom stereocenters. The lowest BCUT2D eigenvalue weighted by Gasteiger charge is -2.17. The molecule has 2 atom stereocenters. The lowest BCUT2D eigenvalue weighted by molar-refractivity contribution is -0.148. The first kappa shape index (κ1) is 14.3. The number of ketones is 1. The standard InChI is InChI=1S/C14H16O6/c1-6-4-8(7(2)15)13(17)11(12(6)16)9-5-10(19-3)14(18)20-9/h4,9-10,16-17H,5H2,1-3H3. The second kappa shape index (κ2) is 5.13. The van der Waals surface area contributed by atoms with Crippen LogP contribution in [0.2, 0.25) is 0 Å². The zero-order valence-corrected chi connectivity index (χ0v) is 11.5. The van der Waals surface area contributed by atoms with Crippen molar-refractivity contribution in [2.24, 2.45) is 0 Å². The molecule has 1 fully saturated rings. The number of carbonyl (C=O) groups is 2. The summed E-state index contributed by atoms with van der Waals surface area (Å²) < 4.78 is 10.1. The van der Waals surface area contributed by atoms with Crippen LogP contribution in [0.25, 0.3) is 0 Å². The summed E-state index contributed by atoms with van der Waals surface area (Å²) in [6.45, 7) is 2.92. The van der Waals surface area contributed by atoms with Crippen LogP contribution in [0.15, 0.2) is 6.07 Å². The van der Waals surface area contributed by atoms with Crippen LogP contribution in [0.3, 0.4) is 0 Å². The van der Waals surface area contributed by atoms with Crippen molar-refractivity contribution in [3.8, 4) is 11.5 Å². The average Bonchev–Trinajstić information content (AvgIpc) is 2.74. The monoisotopic (exact) mass is 280 g/mol. The summed E-state index contributed by atoms with van der Waals surface area (Å²) in [5.41, 5.74) is 0.579. The molecular weight excluding hydrogens is 264 g/mol. The third-order valence-corrected chi connectivity index (χ3v) is 3.43. The van der Waals surface area contributed by atoms with E-state index in [-0.39, 0.29) is 34.8 Å². The number of aryl methyl sites for hydroxylation is 1. The first-order valence-corrected chi connectivity index (χ1v) is 6.16. The molecule has 1 aliphatic heterocycles. The van der Waals surface area contributed by atoms with Gasteiger partial charge in [-0.1, -0.05) is 0 Å². The van der Waals surface area contributed by atoms with Gasteiger partial charge in [0.05, 0.1) is 11.1 Å². The fourth-order valence-electron chi connectivity index (χ4n) is 2.32. The molecule has 0 amide bonds. The predicted octanol–water partition coefficient (Wildman–Crippen LogP) is 1.61. The molecule has 0 radical (unpaired) electrons. The van der Waals surface area contributed by atoms with Gasteiger partial charge in [-0.3, -0.25) is 4.79 Å². The van der Waals surface area contributed by atoms with Gasteiger partial charge in [-0.25, -0.2) is 4.79 Å². The largest absolute Gasteiger partial charge is 0.507 e. The number of phenolic OH excluding ortho intramolecular Hbond substituents is 2. The number of phenols is 2. The summed E-state index contributed by atoms with van der Waals surface area (Å²) in [7, 11) is 1.38. The number of hydrogen-bond acceptors (Lipinski definition) is 6. The molecule has 2 N–H and O–H groups in total. The molecule has 1 heterocycles. The Labute approximate surface area is 115 Å². The maximum absolute atomic E-state index is 11.5. The van der Waals surface area contributed by atoms with E-state index in [1.54, 1.807) is 6.92 Å². The molecule has 0 aromatic heterocycles. The molecule has 1 saturated heterocycles. The van der Waals surface area contributed by atoms with Crippen LogP contribution in [-0.4, -0.2) is 35.2 Å². The summed E-state index contributed by atoms with van der Waals surface area (Å²) in [6, 6.07) is 1.40. The molecule has 2 rings (SSSR count). The van der Waals surface area contributed by atoms with E-state index in [0.29, 0.717) is 5.56 Å². The van der Waals surface area contributed by atoms with Gasteiger partial charge in [0.25, 0.3) is 0 Å². The van der Waals surface area contributed by atoms with Gasteiger partial charge in [0.1, 0.15) is 17.6 Å². The predicted molar refractivity (Wildman–Crippen MR) is 68.8 cm³/mol. The van der Waals surface area contributed by atoms with Crippen LogP contribution in [-0.2, 0) is 14.3 Å². The fourth-order valence-corrected chi connectivity index (χ4v) is 2.32. The van der Waals surface area contributed by atoms with Crippen molar-refractivity contribution < 1.29 is 29.3 Å². The van der Waals surface area contributed by atoms with Gasteiger partial charge in [-0.2, -0.15) is 0 Å². The molecule has 0 spiro atoms. The van der Waals surface area contributed by atoms with Crippen molar-refractivity contribution in [2.75, 3.05) is 7.11 Å². The van der Waals surface area contributed by atoms with Crippen LogP contribution in [0, 0.1) is 6.92 Å². The highest BCUT2D eigenvalue weighted by molar-refractivity contribution is 5.98. The Morgan fingerprint density at radius 2 is 2.05 bits per heavy atom. The molecule has 20 heavy (non-hydrogen) atoms. The highest BCUT2D eigenvalue weighted by atomic mass is 16.6. The maximum Gasteiger partial charge on any atom is 0.336 e. The Kier molecular flexibility index (Phi) is 3.67. The van der Waals surface area contributed by atoms with Gasteiger partial charge < -0.3 is 19.7 Å². The highest BCUT2D eigenvalue weighted by Gasteiger charge is 2.39. The van der Waals surface area contributed by atoms with E-state index in [1.807, 2.05) is 0 Å². The van der Waals surface area contributed by atoms with E-state index >= 15 is 0 Å². The molecule has 0 bridgehead atoms. The third kappa shape index (κ3) is 2.22. The molecule has 0 saturated carbocycles. The maximum atomic E-state index is 11.5. The molecular formula is C14H16O6. The lowest BCUT2D eigenvalue weighted by atomic mass is 9.95. The zero-order chi connectivity index (χ0) is 15.0. The van der Waals surface area contributed by atoms with Gasteiger partial charge in [-0.05, 0) is 25.5 Å². The first-order chi connectivity index (χ1) is 9.36. The normalized spacial score (nSPS) is 21.9. The summed E-state index contributed by atoms with van der Waals surface area (Å²) in [6.07, 6.45) is -1.39. The highest BCUT2D eigenvalue weighted by Crippen LogP contribution is 2.44. The SMILES string of the molecule is COC1CC(c2c(O)c(C)cc(C(C)=O)c2O)OC1=O. The van der Waals surface area contributed by atoms with Crippen molar-refractivity contribution in [2.45, 2.75) is 32.5 Å². The quantitative estimate of drug-likeness (QED) is 0.645. The molecule has 108 valence electrons. The van der Waals surface area contributed by atoms with E-state index in [2.05, 4.69) is 0 Å². The van der Waals surface area contributed by atoms with Crippen LogP contribution < -0.4 is 0 Å². The van der Waals surface area contributed by atoms with Gasteiger partial charge in [-0.15, -0.1) is 0 Å². The minimum Gasteiger partial charge on any atom is -0.507 e. The van der Waals surface area contributed by atoms with Crippen molar-refractivity contribution in [3.63, 3.8) is 0 Å². The van der Waals surface area contributed by atoms with E-state index < -0.39 is 18.2 Å². The van der Waals surface area contributed by atoms with E-state index in [1.165, 1.54) is 20.1 Å². The second-order valence-electron chi connectivity index (χ2n) is 4.79. The number of Topliss-reactive ketones (excluding diaryl/α,β-unsaturated/α-hetero) is 1.